The number of nitrogens with zero attached hydrogens (tertiary/aromatic N) is 2. The minimum Gasteiger partial charge on any atom is -0.456 e. The molecule has 1 heterocycles. The third kappa shape index (κ3) is 5.52. The lowest BCUT2D eigenvalue weighted by Gasteiger charge is -2.22. The van der Waals surface area contributed by atoms with Crippen LogP contribution in [0.5, 0.6) is 11.5 Å². The van der Waals surface area contributed by atoms with E-state index in [-0.39, 0.29) is 6.03 Å². The smallest absolute Gasteiger partial charge is 0.323 e. The number of urea groups is 1. The second-order valence-electron chi connectivity index (χ2n) is 8.03. The van der Waals surface area contributed by atoms with Crippen LogP contribution in [0.1, 0.15) is 6.42 Å². The number of halogens is 1. The van der Waals surface area contributed by atoms with Crippen molar-refractivity contribution in [2.45, 2.75) is 12.5 Å². The first-order valence-corrected chi connectivity index (χ1v) is 11.0. The van der Waals surface area contributed by atoms with Gasteiger partial charge in [0.05, 0.1) is 5.02 Å². The molecular formula is C25H27ClN4O2. The average molecular weight is 451 g/mol. The molecule has 3 aromatic carbocycles. The summed E-state index contributed by atoms with van der Waals surface area (Å²) in [4.78, 5) is 17.0. The van der Waals surface area contributed by atoms with Crippen LogP contribution in [-0.2, 0) is 0 Å². The normalized spacial score (nSPS) is 15.6. The van der Waals surface area contributed by atoms with Crippen LogP contribution >= 0.6 is 11.6 Å². The Labute approximate surface area is 193 Å². The van der Waals surface area contributed by atoms with Crippen LogP contribution in [-0.4, -0.2) is 44.2 Å². The molecule has 2 amide bonds. The fraction of sp³-hybridized carbons (Fsp3) is 0.240. The highest BCUT2D eigenvalue weighted by atomic mass is 35.5. The van der Waals surface area contributed by atoms with Crippen LogP contribution in [0.4, 0.5) is 21.9 Å². The molecule has 2 N–H and O–H groups in total. The van der Waals surface area contributed by atoms with Gasteiger partial charge in [0, 0.05) is 36.2 Å². The van der Waals surface area contributed by atoms with Gasteiger partial charge in [-0.05, 0) is 81.2 Å². The molecular weight excluding hydrogens is 424 g/mol. The Bertz CT molecular complexity index is 1050. The molecule has 1 fully saturated rings. The van der Waals surface area contributed by atoms with Gasteiger partial charge in [-0.3, -0.25) is 0 Å². The van der Waals surface area contributed by atoms with Crippen LogP contribution in [0.3, 0.4) is 0 Å². The quantitative estimate of drug-likeness (QED) is 0.489. The van der Waals surface area contributed by atoms with Crippen LogP contribution in [0.2, 0.25) is 5.02 Å². The van der Waals surface area contributed by atoms with Gasteiger partial charge >= 0.3 is 6.03 Å². The number of rotatable bonds is 6. The van der Waals surface area contributed by atoms with Crippen molar-refractivity contribution in [3.8, 4) is 11.5 Å². The number of benzene rings is 3. The van der Waals surface area contributed by atoms with Gasteiger partial charge in [-0.1, -0.05) is 23.7 Å². The third-order valence-electron chi connectivity index (χ3n) is 5.56. The Morgan fingerprint density at radius 3 is 2.19 bits per heavy atom. The number of carbonyl (C=O) groups excluding carboxylic acids is 1. The lowest BCUT2D eigenvalue weighted by atomic mass is 10.2. The number of anilines is 3. The first kappa shape index (κ1) is 22.0. The Morgan fingerprint density at radius 2 is 1.59 bits per heavy atom. The van der Waals surface area contributed by atoms with Crippen LogP contribution in [0, 0.1) is 0 Å². The third-order valence-corrected chi connectivity index (χ3v) is 5.87. The molecule has 1 aliphatic rings. The summed E-state index contributed by atoms with van der Waals surface area (Å²) < 4.78 is 5.77. The summed E-state index contributed by atoms with van der Waals surface area (Å²) in [6.45, 7) is 2.07. The average Bonchev–Trinajstić information content (AvgIpc) is 3.28. The standard InChI is InChI=1S/C25H27ClN4O2/c1-29(2)21-15-16-30(17-21)20-11-7-18(8-12-20)27-25(31)28-19-9-13-22(14-10-19)32-24-6-4-3-5-23(24)26/h3-14,21H,15-17H2,1-2H3,(H2,27,28,31). The number of carbonyl (C=O) groups is 1. The van der Waals surface area contributed by atoms with Gasteiger partial charge in [0.1, 0.15) is 11.5 Å². The van der Waals surface area contributed by atoms with E-state index >= 15 is 0 Å². The summed E-state index contributed by atoms with van der Waals surface area (Å²) in [7, 11) is 4.25. The van der Waals surface area contributed by atoms with Gasteiger partial charge in [-0.25, -0.2) is 4.79 Å². The molecule has 0 aliphatic carbocycles. The SMILES string of the molecule is CN(C)C1CCN(c2ccc(NC(=O)Nc3ccc(Oc4ccccc4Cl)cc3)cc2)C1. The maximum Gasteiger partial charge on any atom is 0.323 e. The summed E-state index contributed by atoms with van der Waals surface area (Å²) >= 11 is 6.12. The predicted octanol–water partition coefficient (Wildman–Crippen LogP) is 5.92. The molecule has 1 unspecified atom stereocenters. The second kappa shape index (κ2) is 9.94. The van der Waals surface area contributed by atoms with E-state index in [1.54, 1.807) is 36.4 Å². The van der Waals surface area contributed by atoms with E-state index in [1.807, 2.05) is 24.3 Å². The summed E-state index contributed by atoms with van der Waals surface area (Å²) in [5, 5.41) is 6.25. The monoisotopic (exact) mass is 450 g/mol. The second-order valence-corrected chi connectivity index (χ2v) is 8.44. The predicted molar refractivity (Wildman–Crippen MR) is 131 cm³/mol. The Hall–Kier alpha value is -3.22. The molecule has 3 aromatic rings. The molecule has 1 atom stereocenters. The van der Waals surface area contributed by atoms with Crippen molar-refractivity contribution < 1.29 is 9.53 Å². The van der Waals surface area contributed by atoms with Gasteiger partial charge in [0.25, 0.3) is 0 Å². The first-order chi connectivity index (χ1) is 15.5. The summed E-state index contributed by atoms with van der Waals surface area (Å²) in [6.07, 6.45) is 1.16. The van der Waals surface area contributed by atoms with Gasteiger partial charge in [0.15, 0.2) is 0 Å². The van der Waals surface area contributed by atoms with E-state index < -0.39 is 0 Å². The summed E-state index contributed by atoms with van der Waals surface area (Å²) in [6, 6.07) is 22.7. The van der Waals surface area contributed by atoms with E-state index in [9.17, 15) is 4.79 Å². The minimum absolute atomic E-state index is 0.300. The number of nitrogens with one attached hydrogen (secondary N) is 2. The topological polar surface area (TPSA) is 56.8 Å². The van der Waals surface area contributed by atoms with Crippen molar-refractivity contribution in [3.63, 3.8) is 0 Å². The molecule has 7 heteroatoms. The lowest BCUT2D eigenvalue weighted by Crippen LogP contribution is -2.31. The van der Waals surface area contributed by atoms with Crippen molar-refractivity contribution in [2.24, 2.45) is 0 Å². The van der Waals surface area contributed by atoms with Crippen molar-refractivity contribution in [1.29, 1.82) is 0 Å². The number of amides is 2. The van der Waals surface area contributed by atoms with Crippen molar-refractivity contribution in [2.75, 3.05) is 42.7 Å². The highest BCUT2D eigenvalue weighted by Gasteiger charge is 2.23. The van der Waals surface area contributed by atoms with Crippen molar-refractivity contribution >= 4 is 34.7 Å². The fourth-order valence-electron chi connectivity index (χ4n) is 3.71. The highest BCUT2D eigenvalue weighted by molar-refractivity contribution is 6.32. The van der Waals surface area contributed by atoms with Crippen LogP contribution in [0.15, 0.2) is 72.8 Å². The highest BCUT2D eigenvalue weighted by Crippen LogP contribution is 2.29. The van der Waals surface area contributed by atoms with Gasteiger partial charge in [-0.2, -0.15) is 0 Å². The molecule has 0 radical (unpaired) electrons. The van der Waals surface area contributed by atoms with Crippen molar-refractivity contribution in [3.05, 3.63) is 77.8 Å². The fourth-order valence-corrected chi connectivity index (χ4v) is 3.88. The largest absolute Gasteiger partial charge is 0.456 e. The molecule has 0 saturated carbocycles. The molecule has 32 heavy (non-hydrogen) atoms. The van der Waals surface area contributed by atoms with E-state index in [0.29, 0.717) is 28.3 Å². The van der Waals surface area contributed by atoms with E-state index in [2.05, 4.69) is 46.7 Å². The molecule has 1 saturated heterocycles. The molecule has 166 valence electrons. The summed E-state index contributed by atoms with van der Waals surface area (Å²) in [5.41, 5.74) is 2.58. The van der Waals surface area contributed by atoms with Crippen LogP contribution < -0.4 is 20.3 Å². The van der Waals surface area contributed by atoms with E-state index in [1.165, 1.54) is 5.69 Å². The van der Waals surface area contributed by atoms with Gasteiger partial charge in [0.2, 0.25) is 0 Å². The number of para-hydroxylation sites is 1. The molecule has 1 aliphatic heterocycles. The van der Waals surface area contributed by atoms with Gasteiger partial charge < -0.3 is 25.2 Å². The minimum atomic E-state index is -0.300. The Morgan fingerprint density at radius 1 is 0.969 bits per heavy atom. The summed E-state index contributed by atoms with van der Waals surface area (Å²) in [5.74, 6) is 1.22. The molecule has 0 spiro atoms. The number of hydrogen-bond acceptors (Lipinski definition) is 4. The lowest BCUT2D eigenvalue weighted by molar-refractivity contribution is 0.262. The number of likely N-dealkylation sites (N-methyl/N-ethyl adjacent to an activating group) is 1. The molecule has 0 aromatic heterocycles. The molecule has 6 nitrogen and oxygen atoms in total. The maximum atomic E-state index is 12.4. The first-order valence-electron chi connectivity index (χ1n) is 10.6. The van der Waals surface area contributed by atoms with Crippen molar-refractivity contribution in [1.82, 2.24) is 4.90 Å². The number of ether oxygens (including phenoxy) is 1. The Kier molecular flexibility index (Phi) is 6.83. The van der Waals surface area contributed by atoms with E-state index in [4.69, 9.17) is 16.3 Å². The van der Waals surface area contributed by atoms with Gasteiger partial charge in [-0.15, -0.1) is 0 Å². The maximum absolute atomic E-state index is 12.4. The number of hydrogen-bond donors (Lipinski definition) is 2. The molecule has 4 rings (SSSR count). The zero-order valence-corrected chi connectivity index (χ0v) is 19.0. The van der Waals surface area contributed by atoms with Crippen LogP contribution in [0.25, 0.3) is 0 Å². The Balaban J connectivity index is 1.29. The zero-order chi connectivity index (χ0) is 22.5. The van der Waals surface area contributed by atoms with E-state index in [0.717, 1.165) is 25.2 Å². The molecule has 0 bridgehead atoms. The zero-order valence-electron chi connectivity index (χ0n) is 18.2.